The highest BCUT2D eigenvalue weighted by Crippen LogP contribution is 2.26. The van der Waals surface area contributed by atoms with Crippen LogP contribution in [0.5, 0.6) is 0 Å². The van der Waals surface area contributed by atoms with Crippen molar-refractivity contribution in [1.29, 1.82) is 0 Å². The van der Waals surface area contributed by atoms with Gasteiger partial charge in [-0.15, -0.1) is 11.3 Å². The zero-order chi connectivity index (χ0) is 21.8. The van der Waals surface area contributed by atoms with Crippen molar-refractivity contribution >= 4 is 28.4 Å². The number of nitrogens with one attached hydrogen (secondary N) is 2. The number of aliphatic imine (C=N–C) groups is 1. The Morgan fingerprint density at radius 2 is 1.84 bits per heavy atom. The minimum Gasteiger partial charge on any atom is -0.456 e. The van der Waals surface area contributed by atoms with Crippen LogP contribution in [0.2, 0.25) is 0 Å². The molecular weight excluding hydrogens is 410 g/mol. The highest BCUT2D eigenvalue weighted by atomic mass is 32.1. The monoisotopic (exact) mass is 435 g/mol. The first-order valence-electron chi connectivity index (χ1n) is 10.2. The Balaban J connectivity index is 1.50. The van der Waals surface area contributed by atoms with Crippen molar-refractivity contribution in [2.75, 3.05) is 18.4 Å². The maximum Gasteiger partial charge on any atom is 0.338 e. The second-order valence-corrected chi connectivity index (χ2v) is 9.02. The van der Waals surface area contributed by atoms with E-state index in [1.165, 1.54) is 11.3 Å². The fourth-order valence-electron chi connectivity index (χ4n) is 3.02. The molecule has 0 spiro atoms. The van der Waals surface area contributed by atoms with E-state index >= 15 is 0 Å². The van der Waals surface area contributed by atoms with E-state index in [9.17, 15) is 4.79 Å². The third-order valence-electron chi connectivity index (χ3n) is 4.45. The summed E-state index contributed by atoms with van der Waals surface area (Å²) in [7, 11) is 0. The summed E-state index contributed by atoms with van der Waals surface area (Å²) < 4.78 is 5.42. The molecule has 0 fully saturated rings. The number of hydrogen-bond acceptors (Lipinski definition) is 8. The fourth-order valence-corrected chi connectivity index (χ4v) is 3.72. The smallest absolute Gasteiger partial charge is 0.338 e. The van der Waals surface area contributed by atoms with Crippen LogP contribution >= 0.6 is 11.3 Å². The van der Waals surface area contributed by atoms with E-state index < -0.39 is 5.60 Å². The molecule has 0 amide bonds. The lowest BCUT2D eigenvalue weighted by Gasteiger charge is -2.19. The van der Waals surface area contributed by atoms with Gasteiger partial charge in [0.25, 0.3) is 0 Å². The quantitative estimate of drug-likeness (QED) is 0.583. The van der Waals surface area contributed by atoms with Gasteiger partial charge in [-0.3, -0.25) is 4.99 Å². The van der Waals surface area contributed by atoms with Crippen LogP contribution < -0.4 is 10.6 Å². The lowest BCUT2D eigenvalue weighted by Crippen LogP contribution is -2.35. The van der Waals surface area contributed by atoms with E-state index in [0.29, 0.717) is 5.56 Å². The number of benzene rings is 1. The molecule has 2 aromatic heterocycles. The fraction of sp³-hybridized carbons (Fsp3) is 0.304. The molecule has 0 saturated heterocycles. The van der Waals surface area contributed by atoms with Gasteiger partial charge in [0.05, 0.1) is 17.0 Å². The highest BCUT2D eigenvalue weighted by Gasteiger charge is 2.18. The Hall–Kier alpha value is -3.26. The largest absolute Gasteiger partial charge is 0.456 e. The summed E-state index contributed by atoms with van der Waals surface area (Å²) in [6.07, 6.45) is 1.05. The Kier molecular flexibility index (Phi) is 5.99. The molecule has 4 rings (SSSR count). The second kappa shape index (κ2) is 8.85. The van der Waals surface area contributed by atoms with E-state index in [1.807, 2.05) is 56.5 Å². The molecule has 0 atom stereocenters. The summed E-state index contributed by atoms with van der Waals surface area (Å²) in [4.78, 5) is 26.0. The van der Waals surface area contributed by atoms with Gasteiger partial charge >= 0.3 is 5.97 Å². The van der Waals surface area contributed by atoms with Crippen LogP contribution in [0.15, 0.2) is 52.8 Å². The van der Waals surface area contributed by atoms with Crippen molar-refractivity contribution in [1.82, 2.24) is 15.3 Å². The number of esters is 1. The van der Waals surface area contributed by atoms with E-state index in [0.717, 1.165) is 53.2 Å². The number of anilines is 1. The molecule has 1 aliphatic heterocycles. The maximum atomic E-state index is 12.2. The normalized spacial score (nSPS) is 13.8. The van der Waals surface area contributed by atoms with Gasteiger partial charge < -0.3 is 15.4 Å². The molecule has 3 heterocycles. The van der Waals surface area contributed by atoms with Crippen LogP contribution in [0.1, 0.15) is 37.6 Å². The minimum absolute atomic E-state index is 0.333. The average Bonchev–Trinajstić information content (AvgIpc) is 3.22. The van der Waals surface area contributed by atoms with E-state index in [2.05, 4.69) is 20.6 Å². The van der Waals surface area contributed by atoms with Gasteiger partial charge in [-0.2, -0.15) is 0 Å². The first kappa shape index (κ1) is 21.0. The molecule has 0 saturated carbocycles. The summed E-state index contributed by atoms with van der Waals surface area (Å²) in [6, 6.07) is 13.1. The summed E-state index contributed by atoms with van der Waals surface area (Å²) >= 11 is 1.51. The molecule has 0 radical (unpaired) electrons. The Morgan fingerprint density at radius 3 is 2.55 bits per heavy atom. The van der Waals surface area contributed by atoms with E-state index in [-0.39, 0.29) is 5.97 Å². The van der Waals surface area contributed by atoms with Crippen molar-refractivity contribution in [2.45, 2.75) is 32.8 Å². The zero-order valence-electron chi connectivity index (χ0n) is 17.8. The van der Waals surface area contributed by atoms with Crippen LogP contribution in [0.3, 0.4) is 0 Å². The molecule has 0 aliphatic carbocycles. The van der Waals surface area contributed by atoms with Gasteiger partial charge in [0.15, 0.2) is 11.1 Å². The first-order chi connectivity index (χ1) is 14.9. The number of nitrogens with zero attached hydrogens (tertiary/aromatic N) is 3. The Bertz CT molecular complexity index is 1100. The molecule has 2 N–H and O–H groups in total. The van der Waals surface area contributed by atoms with Gasteiger partial charge in [0, 0.05) is 24.0 Å². The van der Waals surface area contributed by atoms with Crippen LogP contribution in [0, 0.1) is 0 Å². The van der Waals surface area contributed by atoms with Gasteiger partial charge in [-0.1, -0.05) is 18.2 Å². The van der Waals surface area contributed by atoms with Crippen molar-refractivity contribution in [2.24, 2.45) is 4.99 Å². The number of thiazole rings is 1. The van der Waals surface area contributed by atoms with Crippen molar-refractivity contribution < 1.29 is 9.53 Å². The van der Waals surface area contributed by atoms with Crippen molar-refractivity contribution in [3.05, 3.63) is 53.4 Å². The Morgan fingerprint density at radius 1 is 1.06 bits per heavy atom. The molecule has 31 heavy (non-hydrogen) atoms. The van der Waals surface area contributed by atoms with Crippen LogP contribution in [0.25, 0.3) is 22.6 Å². The van der Waals surface area contributed by atoms with Gasteiger partial charge in [-0.25, -0.2) is 14.8 Å². The summed E-state index contributed by atoms with van der Waals surface area (Å²) in [6.45, 7) is 7.30. The molecule has 7 nitrogen and oxygen atoms in total. The number of carbonyl (C=O) groups excluding carboxylic acids is 1. The van der Waals surface area contributed by atoms with Gasteiger partial charge in [0.2, 0.25) is 0 Å². The van der Waals surface area contributed by atoms with Gasteiger partial charge in [-0.05, 0) is 51.5 Å². The summed E-state index contributed by atoms with van der Waals surface area (Å²) in [5.74, 6) is 0.430. The predicted molar refractivity (Wildman–Crippen MR) is 124 cm³/mol. The zero-order valence-corrected chi connectivity index (χ0v) is 18.6. The van der Waals surface area contributed by atoms with E-state index in [1.54, 1.807) is 12.1 Å². The molecular formula is C23H25N5O2S. The Labute approximate surface area is 185 Å². The van der Waals surface area contributed by atoms with Crippen molar-refractivity contribution in [3.8, 4) is 22.6 Å². The number of hydrogen-bond donors (Lipinski definition) is 2. The molecule has 160 valence electrons. The predicted octanol–water partition coefficient (Wildman–Crippen LogP) is 4.59. The third kappa shape index (κ3) is 5.46. The average molecular weight is 436 g/mol. The minimum atomic E-state index is -0.521. The van der Waals surface area contributed by atoms with Crippen molar-refractivity contribution in [3.63, 3.8) is 0 Å². The number of carbonyl (C=O) groups is 1. The molecule has 8 heteroatoms. The number of rotatable bonds is 4. The van der Waals surface area contributed by atoms with Crippen LogP contribution in [0.4, 0.5) is 5.13 Å². The first-order valence-corrected chi connectivity index (χ1v) is 11.1. The third-order valence-corrected chi connectivity index (χ3v) is 5.21. The standard InChI is InChI=1S/C23H25N5O2S/c1-23(2,3)30-20(29)16-10-8-15(9-11-16)17-6-4-7-18(26-17)19-14-31-22(27-19)28-21-24-12-5-13-25-21/h4,6-11,14H,5,12-13H2,1-3H3,(H2,24,25,27,28). The topological polar surface area (TPSA) is 88.5 Å². The van der Waals surface area contributed by atoms with Crippen LogP contribution in [-0.2, 0) is 4.74 Å². The maximum absolute atomic E-state index is 12.2. The number of guanidine groups is 1. The SMILES string of the molecule is CC(C)(C)OC(=O)c1ccc(-c2cccc(-c3csc(NC4=NCCCN4)n3)n2)cc1. The summed E-state index contributed by atoms with van der Waals surface area (Å²) in [5, 5.41) is 9.20. The van der Waals surface area contributed by atoms with E-state index in [4.69, 9.17) is 9.72 Å². The summed E-state index contributed by atoms with van der Waals surface area (Å²) in [5.41, 5.74) is 3.32. The molecule has 0 unspecified atom stereocenters. The number of ether oxygens (including phenoxy) is 1. The number of pyridine rings is 1. The van der Waals surface area contributed by atoms with Crippen LogP contribution in [-0.4, -0.2) is 40.6 Å². The van der Waals surface area contributed by atoms with Gasteiger partial charge in [0.1, 0.15) is 11.3 Å². The molecule has 1 aromatic carbocycles. The lowest BCUT2D eigenvalue weighted by atomic mass is 10.1. The second-order valence-electron chi connectivity index (χ2n) is 8.16. The molecule has 1 aliphatic rings. The lowest BCUT2D eigenvalue weighted by molar-refractivity contribution is 0.00695. The molecule has 0 bridgehead atoms. The molecule has 3 aromatic rings. The highest BCUT2D eigenvalue weighted by molar-refractivity contribution is 7.14. The number of aromatic nitrogens is 2.